The summed E-state index contributed by atoms with van der Waals surface area (Å²) in [5.74, 6) is 3.93. The van der Waals surface area contributed by atoms with Gasteiger partial charge in [-0.2, -0.15) is 13.2 Å². The summed E-state index contributed by atoms with van der Waals surface area (Å²) < 4.78 is 85.3. The smallest absolute Gasteiger partial charge is 0.419 e. The number of benzene rings is 4. The van der Waals surface area contributed by atoms with Crippen molar-refractivity contribution in [3.8, 4) is 23.0 Å². The average molecular weight is 1550 g/mol. The zero-order valence-corrected chi connectivity index (χ0v) is 65.8. The van der Waals surface area contributed by atoms with Crippen molar-refractivity contribution in [3.05, 3.63) is 257 Å². The number of unbranched alkanes of at least 4 members (excludes halogenated alkanes) is 1. The number of para-hydroxylation sites is 1. The van der Waals surface area contributed by atoms with Crippen LogP contribution in [-0.2, 0) is 44.7 Å². The second kappa shape index (κ2) is 57.8. The van der Waals surface area contributed by atoms with Gasteiger partial charge in [-0.05, 0) is 200 Å². The minimum atomic E-state index is -4.29. The van der Waals surface area contributed by atoms with Crippen LogP contribution in [0.5, 0.6) is 23.0 Å². The van der Waals surface area contributed by atoms with Crippen molar-refractivity contribution >= 4 is 75.3 Å². The van der Waals surface area contributed by atoms with Crippen LogP contribution in [0.4, 0.5) is 17.6 Å². The monoisotopic (exact) mass is 1540 g/mol. The van der Waals surface area contributed by atoms with Crippen LogP contribution in [0.2, 0.25) is 25.3 Å². The maximum atomic E-state index is 12.5. The fourth-order valence-corrected chi connectivity index (χ4v) is 9.91. The largest absolute Gasteiger partial charge is 0.494 e. The third kappa shape index (κ3) is 46.7. The highest BCUT2D eigenvalue weighted by atomic mass is 35.5. The molecule has 6 aromatic heterocycles. The number of aromatic carboxylic acids is 1. The highest BCUT2D eigenvalue weighted by Gasteiger charge is 2.35. The molecule has 1 N–H and O–H groups in total. The van der Waals surface area contributed by atoms with E-state index in [0.717, 1.165) is 110 Å². The van der Waals surface area contributed by atoms with E-state index in [4.69, 9.17) is 95.3 Å². The highest BCUT2D eigenvalue weighted by molar-refractivity contribution is 7.07. The Morgan fingerprint density at radius 3 is 1.59 bits per heavy atom. The van der Waals surface area contributed by atoms with Crippen LogP contribution >= 0.6 is 69.3 Å². The molecule has 0 radical (unpaired) electrons. The normalized spacial score (nSPS) is 9.99. The molecule has 10 rings (SSSR count). The lowest BCUT2D eigenvalue weighted by atomic mass is 10.1. The number of hydrogen-bond acceptors (Lipinski definition) is 13. The Morgan fingerprint density at radius 1 is 0.505 bits per heavy atom. The third-order valence-corrected chi connectivity index (χ3v) is 14.4. The lowest BCUT2D eigenvalue weighted by molar-refractivity contribution is -0.138. The van der Waals surface area contributed by atoms with Crippen LogP contribution in [0.1, 0.15) is 182 Å². The van der Waals surface area contributed by atoms with E-state index in [1.807, 2.05) is 127 Å². The van der Waals surface area contributed by atoms with Gasteiger partial charge in [0.2, 0.25) is 5.76 Å². The standard InChI is InChI=1S/C9H11F3O.C9H11FO.C9H14N2.C8H8Cl2O.C8H10ClN.C8H9ClO.C8H10O3.C8H10O.C7H9ClO.C6H9NS/c1-3-4-8-7(9(10,11)12)5-6(2)13-8;1-2-6-11-9-5-3-4-8(10)7-9;1-3-4-5-9-7-10-6-8(2)11-9;1-2-11-8-4-6(9)3-7(10)5-8;1-2-3-7-4-8(9)6-10-5-7;1-2-10-8-5-3-4-7(9)6-8;1-2-3-6-4-5-7(11-6)8(9)10;1-2-9-8-6-4-3-5-7-8;1-2-3-6-4-5-7(8)9-6;1-2-3-6-4-8-5-7-6/h5H,3-4H2,1-2H3;3-5,7H,2,6H2,1H3;6-7H,3-5H2,1-2H3;3-5H,2H2,1H3;4-6H,2-3H2,1H3;3-6H,2H2,1H3;4-5H,2-3H2,1H3,(H,9,10);3-7H,2H2,1H3;4-5H,2-3H2,1H3;4-5H,2-3H2,1H3. The predicted molar refractivity (Wildman–Crippen MR) is 415 cm³/mol. The maximum Gasteiger partial charge on any atom is 0.419 e. The first kappa shape index (κ1) is 93.4. The number of halogens is 9. The second-order valence-electron chi connectivity index (χ2n) is 21.9. The van der Waals surface area contributed by atoms with E-state index in [9.17, 15) is 22.4 Å². The fraction of sp³-hybridized carbons (Fsp3) is 0.388. The third-order valence-electron chi connectivity index (χ3n) is 12.7. The number of thiazole rings is 1. The molecule has 23 heteroatoms. The second-order valence-corrected chi connectivity index (χ2v) is 24.8. The molecule has 0 aliphatic rings. The summed E-state index contributed by atoms with van der Waals surface area (Å²) in [5.41, 5.74) is 5.83. The van der Waals surface area contributed by atoms with Crippen LogP contribution in [0, 0.1) is 19.7 Å². The lowest BCUT2D eigenvalue weighted by Gasteiger charge is -2.04. The maximum absolute atomic E-state index is 12.5. The summed E-state index contributed by atoms with van der Waals surface area (Å²) in [6.45, 7) is 26.5. The van der Waals surface area contributed by atoms with Crippen molar-refractivity contribution in [3.63, 3.8) is 0 Å². The molecular formula is C80H101Cl5F4N4O9S. The lowest BCUT2D eigenvalue weighted by Crippen LogP contribution is -2.06. The van der Waals surface area contributed by atoms with Crippen molar-refractivity contribution in [1.82, 2.24) is 19.9 Å². The molecule has 0 unspecified atom stereocenters. The van der Waals surface area contributed by atoms with Gasteiger partial charge in [0.15, 0.2) is 5.22 Å². The van der Waals surface area contributed by atoms with Crippen LogP contribution in [-0.4, -0.2) is 57.4 Å². The first-order valence-corrected chi connectivity index (χ1v) is 37.2. The van der Waals surface area contributed by atoms with Crippen LogP contribution in [0.25, 0.3) is 0 Å². The van der Waals surface area contributed by atoms with Gasteiger partial charge in [-0.15, -0.1) is 11.3 Å². The Bertz CT molecular complexity index is 3630. The molecule has 13 nitrogen and oxygen atoms in total. The number of carbonyl (C=O) groups is 1. The Hall–Kier alpha value is -7.58. The van der Waals surface area contributed by atoms with Crippen LogP contribution in [0.3, 0.4) is 0 Å². The molecule has 0 fully saturated rings. The summed E-state index contributed by atoms with van der Waals surface area (Å²) >= 11 is 30.1. The molecule has 0 saturated heterocycles. The fourth-order valence-electron chi connectivity index (χ4n) is 8.28. The van der Waals surface area contributed by atoms with Crippen molar-refractivity contribution in [2.75, 3.05) is 26.4 Å². The van der Waals surface area contributed by atoms with Crippen molar-refractivity contribution in [2.24, 2.45) is 0 Å². The number of carboxylic acid groups (broad SMARTS) is 1. The number of furan rings is 3. The van der Waals surface area contributed by atoms with Gasteiger partial charge in [0.25, 0.3) is 0 Å². The molecule has 0 bridgehead atoms. The van der Waals surface area contributed by atoms with E-state index in [-0.39, 0.29) is 17.3 Å². The Labute approximate surface area is 636 Å². The number of nitrogens with zero attached hydrogens (tertiary/aromatic N) is 4. The van der Waals surface area contributed by atoms with Gasteiger partial charge in [-0.3, -0.25) is 15.0 Å². The summed E-state index contributed by atoms with van der Waals surface area (Å²) in [6, 6.07) is 38.3. The molecular weight excluding hydrogens is 1450 g/mol. The summed E-state index contributed by atoms with van der Waals surface area (Å²) in [6.07, 6.45) is 16.6. The average Bonchev–Trinajstić information content (AvgIpc) is 1.69. The quantitative estimate of drug-likeness (QED) is 0.0602. The topological polar surface area (TPSA) is 165 Å². The number of rotatable bonds is 23. The van der Waals surface area contributed by atoms with E-state index < -0.39 is 17.7 Å². The number of aromatic nitrogens is 4. The molecule has 0 saturated carbocycles. The van der Waals surface area contributed by atoms with Gasteiger partial charge in [0, 0.05) is 70.6 Å². The number of aryl methyl sites for hydroxylation is 8. The van der Waals surface area contributed by atoms with Gasteiger partial charge in [0.05, 0.1) is 59.6 Å². The van der Waals surface area contributed by atoms with Gasteiger partial charge in [-0.1, -0.05) is 144 Å². The molecule has 0 aliphatic heterocycles. The number of pyridine rings is 1. The summed E-state index contributed by atoms with van der Waals surface area (Å²) in [5, 5.41) is 13.7. The van der Waals surface area contributed by atoms with Gasteiger partial charge < -0.3 is 37.3 Å². The Balaban J connectivity index is 0.000000573. The Morgan fingerprint density at radius 2 is 1.08 bits per heavy atom. The molecule has 10 aromatic rings. The minimum absolute atomic E-state index is 0.0217. The predicted octanol–water partition coefficient (Wildman–Crippen LogP) is 26.1. The molecule has 103 heavy (non-hydrogen) atoms. The Kier molecular flexibility index (Phi) is 52.4. The molecule has 564 valence electrons. The number of hydrogen-bond donors (Lipinski definition) is 1. The van der Waals surface area contributed by atoms with Crippen LogP contribution in [0.15, 0.2) is 182 Å². The first-order valence-electron chi connectivity index (χ1n) is 34.4. The molecule has 0 spiro atoms. The highest BCUT2D eigenvalue weighted by Crippen LogP contribution is 2.34. The van der Waals surface area contributed by atoms with Crippen LogP contribution < -0.4 is 18.9 Å². The van der Waals surface area contributed by atoms with E-state index in [2.05, 4.69) is 53.0 Å². The molecule has 0 aliphatic carbocycles. The van der Waals surface area contributed by atoms with Crippen molar-refractivity contribution < 1.29 is 59.7 Å². The molecule has 0 atom stereocenters. The summed E-state index contributed by atoms with van der Waals surface area (Å²) in [4.78, 5) is 26.8. The zero-order valence-electron chi connectivity index (χ0n) is 61.2. The van der Waals surface area contributed by atoms with Crippen molar-refractivity contribution in [1.29, 1.82) is 0 Å². The van der Waals surface area contributed by atoms with Crippen molar-refractivity contribution in [2.45, 2.75) is 179 Å². The van der Waals surface area contributed by atoms with Gasteiger partial charge in [0.1, 0.15) is 51.9 Å². The SMILES string of the molecule is CCCCc1cncc(C)n1.CCCOc1cccc(F)c1.CCCc1ccc(C(=O)O)o1.CCCc1ccc(Cl)o1.CCCc1cncc(Cl)c1.CCCc1cscn1.CCCc1oc(C)cc1C(F)(F)F.CCOc1cc(Cl)cc(Cl)c1.CCOc1cccc(Cl)c1.CCOc1ccccc1. The van der Waals surface area contributed by atoms with Gasteiger partial charge >= 0.3 is 12.1 Å². The summed E-state index contributed by atoms with van der Waals surface area (Å²) in [7, 11) is 0. The first-order chi connectivity index (χ1) is 49.4. The van der Waals surface area contributed by atoms with E-state index in [0.29, 0.717) is 70.2 Å². The molecule has 0 amide bonds. The van der Waals surface area contributed by atoms with Gasteiger partial charge in [-0.25, -0.2) is 14.2 Å². The van der Waals surface area contributed by atoms with E-state index in [1.165, 1.54) is 55.6 Å². The minimum Gasteiger partial charge on any atom is -0.494 e. The molecule has 4 aromatic carbocycles. The molecule has 6 heterocycles. The number of ether oxygens (including phenoxy) is 4. The number of alkyl halides is 3. The van der Waals surface area contributed by atoms with E-state index >= 15 is 0 Å². The van der Waals surface area contributed by atoms with E-state index in [1.54, 1.807) is 72.3 Å². The zero-order chi connectivity index (χ0) is 76.6. The number of carboxylic acids is 1.